The minimum absolute atomic E-state index is 0. The zero-order chi connectivity index (χ0) is 30.3. The van der Waals surface area contributed by atoms with Crippen LogP contribution in [-0.2, 0) is 20.1 Å². The molecule has 8 rings (SSSR count). The van der Waals surface area contributed by atoms with Crippen LogP contribution in [0.15, 0.2) is 169 Å². The monoisotopic (exact) mass is 770 g/mol. The van der Waals surface area contributed by atoms with Crippen LogP contribution in [-0.4, -0.2) is 15.0 Å². The van der Waals surface area contributed by atoms with Gasteiger partial charge in [0.25, 0.3) is 0 Å². The van der Waals surface area contributed by atoms with Crippen molar-refractivity contribution in [2.45, 2.75) is 0 Å². The van der Waals surface area contributed by atoms with E-state index >= 15 is 0 Å². The fraction of sp³-hybridized carbons (Fsp3) is 0. The first-order chi connectivity index (χ1) is 22.3. The second-order valence-corrected chi connectivity index (χ2v) is 10.4. The van der Waals surface area contributed by atoms with Gasteiger partial charge in [0.1, 0.15) is 11.3 Å². The van der Waals surface area contributed by atoms with Gasteiger partial charge in [-0.2, -0.15) is 0 Å². The van der Waals surface area contributed by atoms with Gasteiger partial charge in [-0.1, -0.05) is 66.7 Å². The van der Waals surface area contributed by atoms with Gasteiger partial charge in [-0.05, 0) is 64.5 Å². The van der Waals surface area contributed by atoms with Crippen molar-refractivity contribution in [1.82, 2.24) is 15.0 Å². The number of rotatable bonds is 5. The first kappa shape index (κ1) is 30.5. The van der Waals surface area contributed by atoms with Gasteiger partial charge in [0.05, 0.1) is 0 Å². The van der Waals surface area contributed by atoms with Crippen LogP contribution >= 0.6 is 0 Å². The van der Waals surface area contributed by atoms with Crippen LogP contribution in [0.25, 0.3) is 67.2 Å². The number of fused-ring (bicyclic) bond motifs is 1. The Morgan fingerprint density at radius 2 is 1.15 bits per heavy atom. The molecule has 0 unspecified atom stereocenters. The molecule has 46 heavy (non-hydrogen) atoms. The van der Waals surface area contributed by atoms with Crippen LogP contribution in [0.3, 0.4) is 0 Å². The second kappa shape index (κ2) is 14.5. The minimum Gasteiger partial charge on any atom is -0.454 e. The topological polar surface area (TPSA) is 51.8 Å². The van der Waals surface area contributed by atoms with Crippen molar-refractivity contribution in [3.8, 4) is 56.2 Å². The zero-order valence-electron chi connectivity index (χ0n) is 24.7. The summed E-state index contributed by atoms with van der Waals surface area (Å²) in [5.74, 6) is 0.771. The van der Waals surface area contributed by atoms with Gasteiger partial charge in [0.15, 0.2) is 5.76 Å². The molecule has 0 aliphatic rings. The molecule has 0 atom stereocenters. The van der Waals surface area contributed by atoms with Gasteiger partial charge in [0.2, 0.25) is 0 Å². The molecule has 0 saturated carbocycles. The van der Waals surface area contributed by atoms with E-state index in [-0.39, 0.29) is 20.1 Å². The third-order valence-corrected chi connectivity index (χ3v) is 7.37. The van der Waals surface area contributed by atoms with Crippen molar-refractivity contribution in [3.05, 3.63) is 176 Å². The van der Waals surface area contributed by atoms with E-state index < -0.39 is 0 Å². The van der Waals surface area contributed by atoms with Crippen molar-refractivity contribution in [2.24, 2.45) is 0 Å². The number of hydrogen-bond acceptors (Lipinski definition) is 4. The predicted molar refractivity (Wildman–Crippen MR) is 181 cm³/mol. The van der Waals surface area contributed by atoms with Crippen molar-refractivity contribution in [1.29, 1.82) is 0 Å². The molecule has 0 spiro atoms. The van der Waals surface area contributed by atoms with Crippen LogP contribution in [0.5, 0.6) is 0 Å². The maximum Gasteiger partial charge on any atom is 0.153 e. The van der Waals surface area contributed by atoms with Crippen molar-refractivity contribution in [3.63, 3.8) is 0 Å². The van der Waals surface area contributed by atoms with E-state index in [1.54, 1.807) is 12.4 Å². The molecule has 0 aliphatic carbocycles. The fourth-order valence-electron chi connectivity index (χ4n) is 5.08. The summed E-state index contributed by atoms with van der Waals surface area (Å²) in [4.78, 5) is 13.3. The Morgan fingerprint density at radius 1 is 0.457 bits per heavy atom. The quantitative estimate of drug-likeness (QED) is 0.164. The molecular formula is C41H27IrN3O-2. The molecule has 4 aromatic heterocycles. The van der Waals surface area contributed by atoms with E-state index in [9.17, 15) is 0 Å². The second-order valence-electron chi connectivity index (χ2n) is 10.4. The molecule has 1 radical (unpaired) electrons. The fourth-order valence-corrected chi connectivity index (χ4v) is 5.08. The van der Waals surface area contributed by atoms with Crippen LogP contribution < -0.4 is 0 Å². The van der Waals surface area contributed by atoms with Gasteiger partial charge >= 0.3 is 0 Å². The summed E-state index contributed by atoms with van der Waals surface area (Å²) in [5, 5.41) is 1.05. The molecule has 0 N–H and O–H groups in total. The van der Waals surface area contributed by atoms with E-state index in [0.29, 0.717) is 0 Å². The van der Waals surface area contributed by atoms with E-state index in [4.69, 9.17) is 9.40 Å². The molecule has 4 aromatic carbocycles. The molecular weight excluding hydrogens is 743 g/mol. The summed E-state index contributed by atoms with van der Waals surface area (Å²) < 4.78 is 6.01. The van der Waals surface area contributed by atoms with Crippen LogP contribution in [0, 0.1) is 12.1 Å². The Bertz CT molecular complexity index is 2100. The first-order valence-electron chi connectivity index (χ1n) is 14.7. The van der Waals surface area contributed by atoms with Gasteiger partial charge in [-0.3, -0.25) is 4.98 Å². The normalized spacial score (nSPS) is 10.4. The van der Waals surface area contributed by atoms with E-state index in [2.05, 4.69) is 70.6 Å². The van der Waals surface area contributed by atoms with Crippen molar-refractivity contribution >= 4 is 11.0 Å². The maximum absolute atomic E-state index is 6.01. The summed E-state index contributed by atoms with van der Waals surface area (Å²) >= 11 is 0. The molecule has 0 aliphatic heterocycles. The van der Waals surface area contributed by atoms with Gasteiger partial charge in [0, 0.05) is 44.1 Å². The Kier molecular flexibility index (Phi) is 9.65. The molecule has 0 bridgehead atoms. The number of hydrogen-bond donors (Lipinski definition) is 0. The van der Waals surface area contributed by atoms with E-state index in [1.165, 1.54) is 0 Å². The van der Waals surface area contributed by atoms with Crippen molar-refractivity contribution in [2.75, 3.05) is 0 Å². The number of furan rings is 1. The zero-order valence-corrected chi connectivity index (χ0v) is 27.1. The summed E-state index contributed by atoms with van der Waals surface area (Å²) in [5.41, 5.74) is 10.0. The van der Waals surface area contributed by atoms with E-state index in [1.807, 2.05) is 103 Å². The third kappa shape index (κ3) is 7.08. The molecule has 0 amide bonds. The van der Waals surface area contributed by atoms with E-state index in [0.717, 1.165) is 67.2 Å². The number of pyridine rings is 3. The number of aromatic nitrogens is 3. The largest absolute Gasteiger partial charge is 0.454 e. The van der Waals surface area contributed by atoms with Crippen LogP contribution in [0.1, 0.15) is 0 Å². The standard InChI is InChI=1S/C30H19N2O.C11H8N.Ir/c1-2-7-21(8-3-1)25-12-14-27(32-20-25)24-10-6-9-22(17-24)23-13-15-29-26(18-23)19-30(33-29)28-11-4-5-16-31-28;1-2-6-10(7-3-1)11-8-4-5-9-12-11;/h1-9,11-20H;1-6,8-9H;/q2*-1;. The predicted octanol–water partition coefficient (Wildman–Crippen LogP) is 10.2. The number of nitrogens with zero attached hydrogens (tertiary/aromatic N) is 3. The van der Waals surface area contributed by atoms with Crippen LogP contribution in [0.2, 0.25) is 0 Å². The van der Waals surface area contributed by atoms with Gasteiger partial charge < -0.3 is 14.4 Å². The summed E-state index contributed by atoms with van der Waals surface area (Å²) in [6.07, 6.45) is 5.48. The first-order valence-corrected chi connectivity index (χ1v) is 14.7. The smallest absolute Gasteiger partial charge is 0.153 e. The average molecular weight is 770 g/mol. The SMILES string of the molecule is [Ir].[c-]1ccc(-c2ccc3oc(-c4ccccn4)cc3c2)cc1-c1ccc(-c2ccccc2)cn1.[c-]1ccccc1-c1ccccn1. The van der Waals surface area contributed by atoms with Crippen LogP contribution in [0.4, 0.5) is 0 Å². The third-order valence-electron chi connectivity index (χ3n) is 7.37. The molecule has 223 valence electrons. The Balaban J connectivity index is 0.000000241. The molecule has 5 heteroatoms. The Morgan fingerprint density at radius 3 is 1.87 bits per heavy atom. The summed E-state index contributed by atoms with van der Waals surface area (Å²) in [7, 11) is 0. The minimum atomic E-state index is 0. The van der Waals surface area contributed by atoms with Gasteiger partial charge in [-0.15, -0.1) is 71.3 Å². The van der Waals surface area contributed by atoms with Gasteiger partial charge in [-0.25, -0.2) is 0 Å². The maximum atomic E-state index is 6.01. The summed E-state index contributed by atoms with van der Waals surface area (Å²) in [6.45, 7) is 0. The molecule has 4 nitrogen and oxygen atoms in total. The summed E-state index contributed by atoms with van der Waals surface area (Å²) in [6, 6.07) is 54.8. The molecule has 4 heterocycles. The number of benzene rings is 4. The molecule has 8 aromatic rings. The molecule has 0 saturated heterocycles. The average Bonchev–Trinajstić information content (AvgIpc) is 3.57. The Hall–Kier alpha value is -5.48. The van der Waals surface area contributed by atoms with Crippen molar-refractivity contribution < 1.29 is 24.5 Å². The Labute approximate surface area is 281 Å². The molecule has 0 fully saturated rings.